The number of allylic oxidation sites excluding steroid dienone is 1. The van der Waals surface area contributed by atoms with Gasteiger partial charge in [0, 0.05) is 35.8 Å². The third-order valence-electron chi connectivity index (χ3n) is 4.90. The summed E-state index contributed by atoms with van der Waals surface area (Å²) in [5.41, 5.74) is 3.48. The molecule has 0 bridgehead atoms. The summed E-state index contributed by atoms with van der Waals surface area (Å²) in [6.45, 7) is 6.10. The average molecular weight is 412 g/mol. The molecule has 0 fully saturated rings. The van der Waals surface area contributed by atoms with Crippen LogP contribution in [-0.2, 0) is 0 Å². The first kappa shape index (κ1) is 21.7. The van der Waals surface area contributed by atoms with Crippen molar-refractivity contribution in [2.75, 3.05) is 13.2 Å². The van der Waals surface area contributed by atoms with Crippen LogP contribution in [0.4, 0.5) is 0 Å². The molecular formula is C21H29N7O2. The second-order valence-electron chi connectivity index (χ2n) is 7.80. The Bertz CT molecular complexity index is 1020. The van der Waals surface area contributed by atoms with E-state index in [-0.39, 0.29) is 19.3 Å². The van der Waals surface area contributed by atoms with Gasteiger partial charge in [0.05, 0.1) is 54.8 Å². The van der Waals surface area contributed by atoms with Gasteiger partial charge in [-0.25, -0.2) is 9.50 Å². The van der Waals surface area contributed by atoms with Gasteiger partial charge in [-0.15, -0.1) is 0 Å². The Hall–Kier alpha value is -3.04. The predicted molar refractivity (Wildman–Crippen MR) is 116 cm³/mol. The summed E-state index contributed by atoms with van der Waals surface area (Å²) in [5.74, 6) is 0.574. The summed E-state index contributed by atoms with van der Waals surface area (Å²) < 4.78 is 3.68. The molecule has 9 nitrogen and oxygen atoms in total. The van der Waals surface area contributed by atoms with Crippen molar-refractivity contribution in [1.82, 2.24) is 29.7 Å². The van der Waals surface area contributed by atoms with Gasteiger partial charge in [0.25, 0.3) is 0 Å². The molecule has 1 unspecified atom stereocenters. The second kappa shape index (κ2) is 9.64. The van der Waals surface area contributed by atoms with E-state index < -0.39 is 6.04 Å². The number of hydrogen-bond donors (Lipinski definition) is 4. The van der Waals surface area contributed by atoms with Gasteiger partial charge in [-0.05, 0) is 25.3 Å². The van der Waals surface area contributed by atoms with Gasteiger partial charge in [0.15, 0.2) is 0 Å². The summed E-state index contributed by atoms with van der Waals surface area (Å²) in [4.78, 5) is 4.78. The smallest absolute Gasteiger partial charge is 0.0999 e. The topological polar surface area (TPSA) is 124 Å². The van der Waals surface area contributed by atoms with E-state index in [1.54, 1.807) is 29.3 Å². The molecule has 0 aromatic carbocycles. The molecule has 30 heavy (non-hydrogen) atoms. The van der Waals surface area contributed by atoms with E-state index in [0.29, 0.717) is 17.2 Å². The number of nitrogens with one attached hydrogen (secondary N) is 2. The van der Waals surface area contributed by atoms with Crippen molar-refractivity contribution in [3.05, 3.63) is 42.7 Å². The van der Waals surface area contributed by atoms with Gasteiger partial charge >= 0.3 is 0 Å². The van der Waals surface area contributed by atoms with Crippen LogP contribution >= 0.6 is 0 Å². The largest absolute Gasteiger partial charge is 0.394 e. The van der Waals surface area contributed by atoms with Crippen LogP contribution in [0.5, 0.6) is 0 Å². The van der Waals surface area contributed by atoms with Crippen LogP contribution in [0, 0.1) is 11.3 Å². The van der Waals surface area contributed by atoms with Crippen molar-refractivity contribution >= 4 is 17.3 Å². The Morgan fingerprint density at radius 1 is 1.20 bits per heavy atom. The molecule has 0 aliphatic rings. The molecule has 3 rings (SSSR count). The molecule has 3 heterocycles. The van der Waals surface area contributed by atoms with E-state index in [0.717, 1.165) is 23.2 Å². The Morgan fingerprint density at radius 3 is 2.63 bits per heavy atom. The molecule has 9 heteroatoms. The zero-order valence-corrected chi connectivity index (χ0v) is 17.5. The molecule has 1 atom stereocenters. The van der Waals surface area contributed by atoms with E-state index in [2.05, 4.69) is 36.3 Å². The highest BCUT2D eigenvalue weighted by Crippen LogP contribution is 2.26. The quantitative estimate of drug-likeness (QED) is 0.379. The highest BCUT2D eigenvalue weighted by atomic mass is 16.3. The van der Waals surface area contributed by atoms with Crippen molar-refractivity contribution in [3.63, 3.8) is 0 Å². The van der Waals surface area contributed by atoms with Gasteiger partial charge in [-0.3, -0.25) is 4.68 Å². The lowest BCUT2D eigenvalue weighted by atomic mass is 10.1. The summed E-state index contributed by atoms with van der Waals surface area (Å²) in [5, 5.41) is 38.0. The minimum atomic E-state index is -0.506. The van der Waals surface area contributed by atoms with E-state index >= 15 is 0 Å². The molecule has 0 aliphatic heterocycles. The molecule has 0 radical (unpaired) electrons. The molecule has 160 valence electrons. The van der Waals surface area contributed by atoms with Crippen LogP contribution in [0.25, 0.3) is 22.3 Å². The number of aromatic nitrogens is 5. The summed E-state index contributed by atoms with van der Waals surface area (Å²) in [6, 6.07) is 1.66. The van der Waals surface area contributed by atoms with Gasteiger partial charge in [-0.1, -0.05) is 13.8 Å². The van der Waals surface area contributed by atoms with E-state index in [1.165, 1.54) is 6.21 Å². The Kier molecular flexibility index (Phi) is 6.96. The molecule has 0 amide bonds. The van der Waals surface area contributed by atoms with Gasteiger partial charge in [0.2, 0.25) is 0 Å². The first-order valence-corrected chi connectivity index (χ1v) is 10.0. The lowest BCUT2D eigenvalue weighted by Gasteiger charge is -2.14. The Labute approximate surface area is 175 Å². The van der Waals surface area contributed by atoms with Gasteiger partial charge in [0.1, 0.15) is 0 Å². The summed E-state index contributed by atoms with van der Waals surface area (Å²) >= 11 is 0. The fraction of sp³-hybridized carbons (Fsp3) is 0.429. The molecule has 0 aliphatic carbocycles. The number of aliphatic hydroxyl groups excluding tert-OH is 2. The first-order chi connectivity index (χ1) is 14.5. The molecular weight excluding hydrogens is 382 g/mol. The minimum Gasteiger partial charge on any atom is -0.394 e. The fourth-order valence-corrected chi connectivity index (χ4v) is 3.33. The molecule has 0 saturated carbocycles. The Morgan fingerprint density at radius 2 is 1.97 bits per heavy atom. The van der Waals surface area contributed by atoms with Gasteiger partial charge < -0.3 is 20.9 Å². The number of nitrogens with zero attached hydrogens (tertiary/aromatic N) is 5. The SMILES string of the molecule is CC(C)CC(C)n1cc(-c2nc(/C(C=N)=C/NC(CO)CO)cn3nccc23)cn1. The van der Waals surface area contributed by atoms with E-state index in [4.69, 9.17) is 10.4 Å². The number of hydrogen-bond acceptors (Lipinski definition) is 7. The van der Waals surface area contributed by atoms with Crippen LogP contribution in [0.15, 0.2) is 37.1 Å². The molecule has 0 spiro atoms. The second-order valence-corrected chi connectivity index (χ2v) is 7.80. The van der Waals surface area contributed by atoms with Crippen LogP contribution in [0.3, 0.4) is 0 Å². The van der Waals surface area contributed by atoms with Crippen molar-refractivity contribution in [2.24, 2.45) is 5.92 Å². The van der Waals surface area contributed by atoms with Crippen molar-refractivity contribution in [2.45, 2.75) is 39.3 Å². The number of rotatable bonds is 10. The highest BCUT2D eigenvalue weighted by Gasteiger charge is 2.15. The minimum absolute atomic E-state index is 0.219. The fourth-order valence-electron chi connectivity index (χ4n) is 3.33. The normalized spacial score (nSPS) is 13.4. The first-order valence-electron chi connectivity index (χ1n) is 10.0. The van der Waals surface area contributed by atoms with Crippen LogP contribution < -0.4 is 5.32 Å². The van der Waals surface area contributed by atoms with Crippen molar-refractivity contribution in [3.8, 4) is 11.3 Å². The van der Waals surface area contributed by atoms with Crippen molar-refractivity contribution in [1.29, 1.82) is 5.41 Å². The third-order valence-corrected chi connectivity index (χ3v) is 4.90. The Balaban J connectivity index is 2.00. The molecule has 3 aromatic rings. The van der Waals surface area contributed by atoms with Crippen molar-refractivity contribution < 1.29 is 10.2 Å². The number of aliphatic hydroxyl groups is 2. The standard InChI is InChI=1S/C21H29N7O2/c1-14(2)6-15(3)27-10-17(9-25-27)21-20-4-5-24-28(20)11-19(26-21)16(7-22)8-23-18(12-29)13-30/h4-5,7-11,14-15,18,22-23,29-30H,6,12-13H2,1-3H3/b16-8+,22-7?. The van der Waals surface area contributed by atoms with E-state index in [9.17, 15) is 10.2 Å². The highest BCUT2D eigenvalue weighted by molar-refractivity contribution is 6.07. The lowest BCUT2D eigenvalue weighted by Crippen LogP contribution is -2.32. The maximum absolute atomic E-state index is 9.24. The average Bonchev–Trinajstić information content (AvgIpc) is 3.39. The zero-order valence-electron chi connectivity index (χ0n) is 17.5. The molecule has 0 saturated heterocycles. The lowest BCUT2D eigenvalue weighted by molar-refractivity contribution is 0.180. The number of fused-ring (bicyclic) bond motifs is 1. The molecule has 3 aromatic heterocycles. The van der Waals surface area contributed by atoms with E-state index in [1.807, 2.05) is 16.9 Å². The zero-order chi connectivity index (χ0) is 21.7. The summed E-state index contributed by atoms with van der Waals surface area (Å²) in [6.07, 6.45) is 11.0. The maximum atomic E-state index is 9.24. The third kappa shape index (κ3) is 4.74. The van der Waals surface area contributed by atoms with Crippen LogP contribution in [0.2, 0.25) is 0 Å². The monoisotopic (exact) mass is 411 g/mol. The molecule has 4 N–H and O–H groups in total. The summed E-state index contributed by atoms with van der Waals surface area (Å²) in [7, 11) is 0. The maximum Gasteiger partial charge on any atom is 0.0999 e. The van der Waals surface area contributed by atoms with Crippen LogP contribution in [0.1, 0.15) is 38.9 Å². The van der Waals surface area contributed by atoms with Gasteiger partial charge in [-0.2, -0.15) is 10.2 Å². The van der Waals surface area contributed by atoms with Crippen LogP contribution in [-0.4, -0.2) is 60.1 Å². The predicted octanol–water partition coefficient (Wildman–Crippen LogP) is 2.13.